The SMILES string of the molecule is CCNCCN(C)c1ccccc1CNc1cc(Cl)c(S(=O)(=O)Nc2ncc(Cl)s2)cc1F. The molecule has 3 N–H and O–H groups in total. The molecule has 0 saturated carbocycles. The molecule has 0 aliphatic heterocycles. The molecule has 3 aromatic rings. The number of para-hydroxylation sites is 1. The average molecular weight is 532 g/mol. The average Bonchev–Trinajstić information content (AvgIpc) is 3.18. The minimum Gasteiger partial charge on any atom is -0.378 e. The first-order valence-corrected chi connectivity index (χ1v) is 13.1. The highest BCUT2D eigenvalue weighted by Crippen LogP contribution is 2.31. The number of hydrogen-bond acceptors (Lipinski definition) is 7. The fourth-order valence-corrected chi connectivity index (χ4v) is 5.70. The molecule has 0 aliphatic carbocycles. The van der Waals surface area contributed by atoms with Crippen LogP contribution in [0.25, 0.3) is 0 Å². The Morgan fingerprint density at radius 3 is 2.67 bits per heavy atom. The van der Waals surface area contributed by atoms with Gasteiger partial charge < -0.3 is 15.5 Å². The van der Waals surface area contributed by atoms with Gasteiger partial charge in [0.15, 0.2) is 5.13 Å². The molecule has 0 atom stereocenters. The molecule has 33 heavy (non-hydrogen) atoms. The summed E-state index contributed by atoms with van der Waals surface area (Å²) in [6.45, 7) is 4.94. The monoisotopic (exact) mass is 531 g/mol. The Hall–Kier alpha value is -2.11. The molecule has 7 nitrogen and oxygen atoms in total. The van der Waals surface area contributed by atoms with E-state index in [9.17, 15) is 12.8 Å². The Morgan fingerprint density at radius 1 is 1.21 bits per heavy atom. The molecule has 0 unspecified atom stereocenters. The summed E-state index contributed by atoms with van der Waals surface area (Å²) < 4.78 is 42.6. The van der Waals surface area contributed by atoms with Crippen molar-refractivity contribution < 1.29 is 12.8 Å². The summed E-state index contributed by atoms with van der Waals surface area (Å²) in [7, 11) is -2.14. The maximum Gasteiger partial charge on any atom is 0.265 e. The molecular formula is C21H24Cl2FN5O2S2. The number of anilines is 3. The first kappa shape index (κ1) is 25.5. The van der Waals surface area contributed by atoms with E-state index in [1.807, 2.05) is 31.3 Å². The summed E-state index contributed by atoms with van der Waals surface area (Å²) in [5.74, 6) is -0.741. The van der Waals surface area contributed by atoms with Gasteiger partial charge in [-0.3, -0.25) is 4.72 Å². The number of halogens is 3. The van der Waals surface area contributed by atoms with Crippen LogP contribution in [0.5, 0.6) is 0 Å². The van der Waals surface area contributed by atoms with Gasteiger partial charge in [0.05, 0.1) is 16.9 Å². The van der Waals surface area contributed by atoms with Crippen LogP contribution in [0.1, 0.15) is 12.5 Å². The summed E-state index contributed by atoms with van der Waals surface area (Å²) >= 11 is 12.9. The summed E-state index contributed by atoms with van der Waals surface area (Å²) in [5.41, 5.74) is 2.08. The number of benzene rings is 2. The van der Waals surface area contributed by atoms with Crippen molar-refractivity contribution in [3.8, 4) is 0 Å². The highest BCUT2D eigenvalue weighted by atomic mass is 35.5. The van der Waals surface area contributed by atoms with Crippen LogP contribution in [-0.4, -0.2) is 40.1 Å². The van der Waals surface area contributed by atoms with Crippen LogP contribution in [0.2, 0.25) is 9.36 Å². The molecule has 178 valence electrons. The van der Waals surface area contributed by atoms with E-state index >= 15 is 0 Å². The molecule has 1 heterocycles. The molecule has 3 rings (SSSR count). The Labute approximate surface area is 207 Å². The van der Waals surface area contributed by atoms with E-state index in [4.69, 9.17) is 23.2 Å². The number of sulfonamides is 1. The molecule has 0 spiro atoms. The van der Waals surface area contributed by atoms with Crippen molar-refractivity contribution in [2.45, 2.75) is 18.4 Å². The molecule has 12 heteroatoms. The van der Waals surface area contributed by atoms with E-state index in [-0.39, 0.29) is 20.7 Å². The molecule has 0 radical (unpaired) electrons. The predicted molar refractivity (Wildman–Crippen MR) is 135 cm³/mol. The van der Waals surface area contributed by atoms with Crippen LogP contribution in [0.4, 0.5) is 20.9 Å². The highest BCUT2D eigenvalue weighted by molar-refractivity contribution is 7.93. The summed E-state index contributed by atoms with van der Waals surface area (Å²) in [6, 6.07) is 9.96. The number of likely N-dealkylation sites (N-methyl/N-ethyl adjacent to an activating group) is 2. The third-order valence-corrected chi connectivity index (χ3v) is 7.72. The second-order valence-electron chi connectivity index (χ2n) is 7.09. The van der Waals surface area contributed by atoms with E-state index in [1.54, 1.807) is 0 Å². The number of thiazole rings is 1. The van der Waals surface area contributed by atoms with Gasteiger partial charge in [0.25, 0.3) is 10.0 Å². The third-order valence-electron chi connectivity index (χ3n) is 4.76. The van der Waals surface area contributed by atoms with Crippen molar-refractivity contribution in [1.82, 2.24) is 10.3 Å². The van der Waals surface area contributed by atoms with Crippen LogP contribution in [-0.2, 0) is 16.6 Å². The standard InChI is InChI=1S/C21H24Cl2FN5O2S2/c1-3-25-8-9-29(2)18-7-5-4-6-14(18)12-26-17-10-15(22)19(11-16(17)24)33(30,31)28-21-27-13-20(23)32-21/h4-7,10-11,13,25-26H,3,8-9,12H2,1-2H3,(H,27,28). The minimum atomic E-state index is -4.14. The second-order valence-corrected chi connectivity index (χ2v) is 10.8. The van der Waals surface area contributed by atoms with E-state index < -0.39 is 15.8 Å². The minimum absolute atomic E-state index is 0.0635. The van der Waals surface area contributed by atoms with Gasteiger partial charge >= 0.3 is 0 Å². The Balaban J connectivity index is 1.75. The van der Waals surface area contributed by atoms with Crippen LogP contribution in [0, 0.1) is 5.82 Å². The van der Waals surface area contributed by atoms with Crippen LogP contribution < -0.4 is 20.3 Å². The number of nitrogens with zero attached hydrogens (tertiary/aromatic N) is 2. The zero-order chi connectivity index (χ0) is 24.0. The lowest BCUT2D eigenvalue weighted by molar-refractivity contribution is 0.596. The summed E-state index contributed by atoms with van der Waals surface area (Å²) in [5, 5.41) is 6.25. The van der Waals surface area contributed by atoms with Gasteiger partial charge in [0.2, 0.25) is 0 Å². The Morgan fingerprint density at radius 2 is 1.97 bits per heavy atom. The first-order chi connectivity index (χ1) is 15.7. The van der Waals surface area contributed by atoms with E-state index in [2.05, 4.69) is 32.2 Å². The van der Waals surface area contributed by atoms with Gasteiger partial charge in [-0.15, -0.1) is 0 Å². The zero-order valence-electron chi connectivity index (χ0n) is 18.0. The second kappa shape index (κ2) is 11.3. The van der Waals surface area contributed by atoms with Crippen LogP contribution in [0.3, 0.4) is 0 Å². The normalized spacial score (nSPS) is 11.4. The molecule has 0 fully saturated rings. The number of nitrogens with one attached hydrogen (secondary N) is 3. The van der Waals surface area contributed by atoms with Gasteiger partial charge in [-0.1, -0.05) is 59.7 Å². The quantitative estimate of drug-likeness (QED) is 0.300. The lowest BCUT2D eigenvalue weighted by atomic mass is 10.1. The third kappa shape index (κ3) is 6.70. The number of rotatable bonds is 11. The Bertz CT molecular complexity index is 1210. The first-order valence-electron chi connectivity index (χ1n) is 10.1. The molecule has 2 aromatic carbocycles. The Kier molecular flexibility index (Phi) is 8.77. The van der Waals surface area contributed by atoms with E-state index in [0.29, 0.717) is 10.9 Å². The van der Waals surface area contributed by atoms with Crippen molar-refractivity contribution in [2.24, 2.45) is 0 Å². The molecule has 1 aromatic heterocycles. The fraction of sp³-hybridized carbons (Fsp3) is 0.286. The fourth-order valence-electron chi connectivity index (χ4n) is 3.11. The van der Waals surface area contributed by atoms with Gasteiger partial charge in [0, 0.05) is 32.4 Å². The van der Waals surface area contributed by atoms with Gasteiger partial charge in [-0.25, -0.2) is 17.8 Å². The maximum absolute atomic E-state index is 14.8. The molecule has 0 bridgehead atoms. The maximum atomic E-state index is 14.8. The molecular weight excluding hydrogens is 508 g/mol. The number of hydrogen-bond donors (Lipinski definition) is 3. The lowest BCUT2D eigenvalue weighted by Gasteiger charge is -2.23. The molecule has 0 saturated heterocycles. The summed E-state index contributed by atoms with van der Waals surface area (Å²) in [4.78, 5) is 5.58. The van der Waals surface area contributed by atoms with Crippen molar-refractivity contribution in [2.75, 3.05) is 41.6 Å². The van der Waals surface area contributed by atoms with Gasteiger partial charge in [-0.2, -0.15) is 0 Å². The zero-order valence-corrected chi connectivity index (χ0v) is 21.2. The van der Waals surface area contributed by atoms with Crippen molar-refractivity contribution in [3.63, 3.8) is 0 Å². The van der Waals surface area contributed by atoms with Gasteiger partial charge in [-0.05, 0) is 30.3 Å². The lowest BCUT2D eigenvalue weighted by Crippen LogP contribution is -2.29. The van der Waals surface area contributed by atoms with E-state index in [0.717, 1.165) is 48.3 Å². The highest BCUT2D eigenvalue weighted by Gasteiger charge is 2.22. The van der Waals surface area contributed by atoms with Crippen molar-refractivity contribution >= 4 is 61.1 Å². The predicted octanol–water partition coefficient (Wildman–Crippen LogP) is 5.05. The molecule has 0 aliphatic rings. The van der Waals surface area contributed by atoms with Crippen molar-refractivity contribution in [3.05, 3.63) is 63.3 Å². The van der Waals surface area contributed by atoms with E-state index in [1.165, 1.54) is 12.3 Å². The van der Waals surface area contributed by atoms with Gasteiger partial charge in [0.1, 0.15) is 15.0 Å². The molecule has 0 amide bonds. The number of aromatic nitrogens is 1. The van der Waals surface area contributed by atoms with Crippen LogP contribution in [0.15, 0.2) is 47.5 Å². The van der Waals surface area contributed by atoms with Crippen molar-refractivity contribution in [1.29, 1.82) is 0 Å². The smallest absolute Gasteiger partial charge is 0.265 e. The largest absolute Gasteiger partial charge is 0.378 e. The topological polar surface area (TPSA) is 86.4 Å². The summed E-state index contributed by atoms with van der Waals surface area (Å²) in [6.07, 6.45) is 1.31. The van der Waals surface area contributed by atoms with Crippen LogP contribution >= 0.6 is 34.5 Å².